The van der Waals surface area contributed by atoms with Gasteiger partial charge in [-0.1, -0.05) is 18.0 Å². The van der Waals surface area contributed by atoms with Gasteiger partial charge in [0.05, 0.1) is 0 Å². The van der Waals surface area contributed by atoms with Gasteiger partial charge in [-0.15, -0.1) is 0 Å². The van der Waals surface area contributed by atoms with E-state index in [1.165, 1.54) is 19.3 Å². The van der Waals surface area contributed by atoms with Crippen LogP contribution >= 0.6 is 27.5 Å². The van der Waals surface area contributed by atoms with Crippen molar-refractivity contribution in [1.29, 1.82) is 0 Å². The Balaban J connectivity index is 2.06. The summed E-state index contributed by atoms with van der Waals surface area (Å²) in [6.07, 6.45) is 8.04. The molecular weight excluding hydrogens is 277 g/mol. The van der Waals surface area contributed by atoms with Crippen LogP contribution in [-0.4, -0.2) is 11.1 Å². The number of rotatable bonds is 2. The van der Waals surface area contributed by atoms with Gasteiger partial charge >= 0.3 is 0 Å². The van der Waals surface area contributed by atoms with Crippen LogP contribution in [0.25, 0.3) is 0 Å². The van der Waals surface area contributed by atoms with E-state index in [0.29, 0.717) is 10.9 Å². The first-order chi connectivity index (χ1) is 7.27. The van der Waals surface area contributed by atoms with E-state index in [-0.39, 0.29) is 6.10 Å². The van der Waals surface area contributed by atoms with E-state index in [1.807, 2.05) is 6.07 Å². The highest BCUT2D eigenvalue weighted by molar-refractivity contribution is 9.10. The van der Waals surface area contributed by atoms with Crippen molar-refractivity contribution in [2.75, 3.05) is 0 Å². The summed E-state index contributed by atoms with van der Waals surface area (Å²) >= 11 is 9.44. The van der Waals surface area contributed by atoms with E-state index in [1.54, 1.807) is 6.20 Å². The number of aromatic nitrogens is 1. The quantitative estimate of drug-likeness (QED) is 0.814. The highest BCUT2D eigenvalue weighted by Gasteiger charge is 2.17. The molecule has 0 saturated heterocycles. The molecular formula is C11H13BrClNO. The van der Waals surface area contributed by atoms with Crippen LogP contribution in [-0.2, 0) is 0 Å². The maximum Gasteiger partial charge on any atom is 0.234 e. The van der Waals surface area contributed by atoms with Gasteiger partial charge in [-0.25, -0.2) is 4.98 Å². The van der Waals surface area contributed by atoms with Gasteiger partial charge in [0.1, 0.15) is 11.1 Å². The molecule has 0 aliphatic heterocycles. The molecule has 0 amide bonds. The fraction of sp³-hybridized carbons (Fsp3) is 0.545. The molecule has 0 N–H and O–H groups in total. The minimum Gasteiger partial charge on any atom is -0.473 e. The van der Waals surface area contributed by atoms with E-state index in [4.69, 9.17) is 16.3 Å². The van der Waals surface area contributed by atoms with Crippen molar-refractivity contribution in [3.63, 3.8) is 0 Å². The number of pyridine rings is 1. The maximum atomic E-state index is 6.08. The van der Waals surface area contributed by atoms with Crippen LogP contribution in [0.15, 0.2) is 16.7 Å². The molecule has 2 nitrogen and oxygen atoms in total. The molecule has 1 aliphatic rings. The van der Waals surface area contributed by atoms with Gasteiger partial charge < -0.3 is 4.74 Å². The molecule has 1 saturated carbocycles. The first-order valence-corrected chi connectivity index (χ1v) is 6.41. The average molecular weight is 291 g/mol. The van der Waals surface area contributed by atoms with E-state index >= 15 is 0 Å². The highest BCUT2D eigenvalue weighted by atomic mass is 79.9. The van der Waals surface area contributed by atoms with Gasteiger partial charge in [-0.2, -0.15) is 0 Å². The monoisotopic (exact) mass is 289 g/mol. The third-order valence-electron chi connectivity index (χ3n) is 2.64. The Morgan fingerprint density at radius 1 is 1.33 bits per heavy atom. The minimum absolute atomic E-state index is 0.290. The summed E-state index contributed by atoms with van der Waals surface area (Å²) in [5, 5.41) is 0.572. The normalized spacial score (nSPS) is 17.7. The Hall–Kier alpha value is -0.280. The summed E-state index contributed by atoms with van der Waals surface area (Å²) in [5.41, 5.74) is 0. The Morgan fingerprint density at radius 2 is 2.07 bits per heavy atom. The van der Waals surface area contributed by atoms with Crippen molar-refractivity contribution in [1.82, 2.24) is 4.98 Å². The fourth-order valence-corrected chi connectivity index (χ4v) is 2.27. The molecule has 0 spiro atoms. The smallest absolute Gasteiger partial charge is 0.234 e. The molecule has 0 bridgehead atoms. The van der Waals surface area contributed by atoms with Crippen molar-refractivity contribution >= 4 is 27.5 Å². The Bertz CT molecular complexity index is 339. The van der Waals surface area contributed by atoms with Gasteiger partial charge in [-0.05, 0) is 47.7 Å². The molecule has 2 rings (SSSR count). The van der Waals surface area contributed by atoms with Gasteiger partial charge in [0.2, 0.25) is 5.88 Å². The summed E-state index contributed by atoms with van der Waals surface area (Å²) in [4.78, 5) is 4.15. The SMILES string of the molecule is Clc1c(Br)ccnc1OC1CCCCC1. The lowest BCUT2D eigenvalue weighted by molar-refractivity contribution is 0.148. The van der Waals surface area contributed by atoms with E-state index in [9.17, 15) is 0 Å². The zero-order valence-electron chi connectivity index (χ0n) is 8.38. The Kier molecular flexibility index (Phi) is 3.87. The lowest BCUT2D eigenvalue weighted by Gasteiger charge is -2.22. The topological polar surface area (TPSA) is 22.1 Å². The fourth-order valence-electron chi connectivity index (χ4n) is 1.83. The molecule has 82 valence electrons. The van der Waals surface area contributed by atoms with Crippen molar-refractivity contribution in [3.05, 3.63) is 21.8 Å². The van der Waals surface area contributed by atoms with Gasteiger partial charge in [0, 0.05) is 10.7 Å². The second-order valence-electron chi connectivity index (χ2n) is 3.79. The van der Waals surface area contributed by atoms with Crippen LogP contribution in [0, 0.1) is 0 Å². The highest BCUT2D eigenvalue weighted by Crippen LogP contribution is 2.32. The predicted octanol–water partition coefficient (Wildman–Crippen LogP) is 4.21. The molecule has 0 radical (unpaired) electrons. The van der Waals surface area contributed by atoms with Crippen LogP contribution in [0.2, 0.25) is 5.02 Å². The van der Waals surface area contributed by atoms with E-state index < -0.39 is 0 Å². The lowest BCUT2D eigenvalue weighted by atomic mass is 9.98. The first-order valence-electron chi connectivity index (χ1n) is 5.24. The molecule has 15 heavy (non-hydrogen) atoms. The number of ether oxygens (including phenoxy) is 1. The molecule has 0 atom stereocenters. The molecule has 1 heterocycles. The lowest BCUT2D eigenvalue weighted by Crippen LogP contribution is -2.20. The van der Waals surface area contributed by atoms with Crippen LogP contribution in [0.1, 0.15) is 32.1 Å². The van der Waals surface area contributed by atoms with Crippen molar-refractivity contribution in [2.24, 2.45) is 0 Å². The second-order valence-corrected chi connectivity index (χ2v) is 5.02. The number of nitrogens with zero attached hydrogens (tertiary/aromatic N) is 1. The number of hydrogen-bond donors (Lipinski definition) is 0. The average Bonchev–Trinajstić information content (AvgIpc) is 2.26. The molecule has 4 heteroatoms. The Morgan fingerprint density at radius 3 is 2.80 bits per heavy atom. The first kappa shape index (κ1) is 11.2. The van der Waals surface area contributed by atoms with Crippen molar-refractivity contribution < 1.29 is 4.74 Å². The predicted molar refractivity (Wildman–Crippen MR) is 64.4 cm³/mol. The third kappa shape index (κ3) is 2.85. The zero-order valence-corrected chi connectivity index (χ0v) is 10.7. The summed E-state index contributed by atoms with van der Waals surface area (Å²) in [6, 6.07) is 1.82. The van der Waals surface area contributed by atoms with Gasteiger partial charge in [-0.3, -0.25) is 0 Å². The summed E-state index contributed by atoms with van der Waals surface area (Å²) in [6.45, 7) is 0. The Labute approximate surface area is 103 Å². The van der Waals surface area contributed by atoms with E-state index in [0.717, 1.165) is 17.3 Å². The van der Waals surface area contributed by atoms with Gasteiger partial charge in [0.25, 0.3) is 0 Å². The third-order valence-corrected chi connectivity index (χ3v) is 3.89. The summed E-state index contributed by atoms with van der Waals surface area (Å²) in [5.74, 6) is 0.554. The van der Waals surface area contributed by atoms with Crippen molar-refractivity contribution in [3.8, 4) is 5.88 Å². The molecule has 1 aliphatic carbocycles. The van der Waals surface area contributed by atoms with Gasteiger partial charge in [0.15, 0.2) is 0 Å². The molecule has 1 aromatic heterocycles. The van der Waals surface area contributed by atoms with Crippen LogP contribution in [0.5, 0.6) is 5.88 Å². The zero-order chi connectivity index (χ0) is 10.7. The van der Waals surface area contributed by atoms with Crippen LogP contribution in [0.4, 0.5) is 0 Å². The second kappa shape index (κ2) is 5.17. The summed E-state index contributed by atoms with van der Waals surface area (Å²) < 4.78 is 6.63. The molecule has 1 fully saturated rings. The van der Waals surface area contributed by atoms with E-state index in [2.05, 4.69) is 20.9 Å². The molecule has 1 aromatic rings. The molecule has 0 aromatic carbocycles. The van der Waals surface area contributed by atoms with Crippen LogP contribution < -0.4 is 4.74 Å². The maximum absolute atomic E-state index is 6.08. The largest absolute Gasteiger partial charge is 0.473 e. The van der Waals surface area contributed by atoms with Crippen molar-refractivity contribution in [2.45, 2.75) is 38.2 Å². The molecule has 0 unspecified atom stereocenters. The standard InChI is InChI=1S/C11H13BrClNO/c12-9-6-7-14-11(10(9)13)15-8-4-2-1-3-5-8/h6-8H,1-5H2. The number of hydrogen-bond acceptors (Lipinski definition) is 2. The van der Waals surface area contributed by atoms with Crippen LogP contribution in [0.3, 0.4) is 0 Å². The summed E-state index contributed by atoms with van der Waals surface area (Å²) in [7, 11) is 0. The minimum atomic E-state index is 0.290. The number of halogens is 2.